The van der Waals surface area contributed by atoms with Gasteiger partial charge in [0.2, 0.25) is 11.8 Å². The molecule has 0 unspecified atom stereocenters. The molecule has 1 aliphatic heterocycles. The Kier molecular flexibility index (Phi) is 5.75. The zero-order valence-corrected chi connectivity index (χ0v) is 14.3. The van der Waals surface area contributed by atoms with Crippen LogP contribution in [0.1, 0.15) is 43.1 Å². The van der Waals surface area contributed by atoms with Crippen LogP contribution in [0, 0.1) is 5.82 Å². The molecule has 0 radical (unpaired) electrons. The number of benzene rings is 1. The van der Waals surface area contributed by atoms with E-state index in [1.54, 1.807) is 17.0 Å². The van der Waals surface area contributed by atoms with Crippen molar-refractivity contribution in [2.24, 2.45) is 0 Å². The van der Waals surface area contributed by atoms with Crippen molar-refractivity contribution >= 4 is 5.91 Å². The summed E-state index contributed by atoms with van der Waals surface area (Å²) in [5.74, 6) is 0.938. The van der Waals surface area contributed by atoms with Gasteiger partial charge in [-0.25, -0.2) is 4.39 Å². The molecule has 1 aliphatic rings. The standard InChI is InChI=1S/C18H22FN3O3/c1-2-3-16-20-17(25-21-16)8-9-18(23)22-10-11-24-15(12-22)13-4-6-14(19)7-5-13/h4-7,15H,2-3,8-12H2,1H3/t15-/m1/s1. The van der Waals surface area contributed by atoms with Crippen molar-refractivity contribution < 1.29 is 18.4 Å². The minimum Gasteiger partial charge on any atom is -0.370 e. The van der Waals surface area contributed by atoms with E-state index in [-0.39, 0.29) is 17.8 Å². The first-order valence-electron chi connectivity index (χ1n) is 8.62. The second-order valence-electron chi connectivity index (χ2n) is 6.11. The van der Waals surface area contributed by atoms with Gasteiger partial charge in [-0.15, -0.1) is 0 Å². The highest BCUT2D eigenvalue weighted by atomic mass is 19.1. The maximum atomic E-state index is 13.0. The van der Waals surface area contributed by atoms with E-state index in [4.69, 9.17) is 9.26 Å². The van der Waals surface area contributed by atoms with Crippen molar-refractivity contribution in [3.05, 3.63) is 47.4 Å². The fraction of sp³-hybridized carbons (Fsp3) is 0.500. The third-order valence-electron chi connectivity index (χ3n) is 4.20. The molecule has 134 valence electrons. The molecule has 1 aromatic carbocycles. The molecule has 0 N–H and O–H groups in total. The van der Waals surface area contributed by atoms with E-state index in [0.29, 0.717) is 44.3 Å². The van der Waals surface area contributed by atoms with Gasteiger partial charge in [-0.2, -0.15) is 4.98 Å². The van der Waals surface area contributed by atoms with Crippen LogP contribution in [0.3, 0.4) is 0 Å². The Morgan fingerprint density at radius 3 is 2.88 bits per heavy atom. The molecular weight excluding hydrogens is 325 g/mol. The predicted octanol–water partition coefficient (Wildman–Crippen LogP) is 2.69. The third-order valence-corrected chi connectivity index (χ3v) is 4.20. The SMILES string of the molecule is CCCc1noc(CCC(=O)N2CCO[C@@H](c3ccc(F)cc3)C2)n1. The van der Waals surface area contributed by atoms with Crippen LogP contribution in [0.4, 0.5) is 4.39 Å². The fourth-order valence-electron chi connectivity index (χ4n) is 2.84. The highest BCUT2D eigenvalue weighted by Crippen LogP contribution is 2.23. The van der Waals surface area contributed by atoms with Crippen molar-refractivity contribution in [3.63, 3.8) is 0 Å². The second kappa shape index (κ2) is 8.20. The van der Waals surface area contributed by atoms with Gasteiger partial charge in [0.1, 0.15) is 11.9 Å². The number of hydrogen-bond acceptors (Lipinski definition) is 5. The number of aromatic nitrogens is 2. The lowest BCUT2D eigenvalue weighted by Gasteiger charge is -2.33. The molecule has 2 heterocycles. The first kappa shape index (κ1) is 17.5. The molecule has 0 saturated carbocycles. The van der Waals surface area contributed by atoms with Gasteiger partial charge in [-0.1, -0.05) is 24.2 Å². The van der Waals surface area contributed by atoms with Crippen LogP contribution < -0.4 is 0 Å². The number of morpholine rings is 1. The average Bonchev–Trinajstić information content (AvgIpc) is 3.08. The van der Waals surface area contributed by atoms with Gasteiger partial charge in [0, 0.05) is 25.8 Å². The van der Waals surface area contributed by atoms with Crippen molar-refractivity contribution in [2.75, 3.05) is 19.7 Å². The summed E-state index contributed by atoms with van der Waals surface area (Å²) in [5, 5.41) is 3.89. The molecular formula is C18H22FN3O3. The maximum absolute atomic E-state index is 13.0. The summed E-state index contributed by atoms with van der Waals surface area (Å²) in [7, 11) is 0. The number of nitrogens with zero attached hydrogens (tertiary/aromatic N) is 3. The minimum absolute atomic E-state index is 0.0330. The minimum atomic E-state index is -0.283. The zero-order valence-electron chi connectivity index (χ0n) is 14.3. The molecule has 1 aromatic heterocycles. The molecule has 0 bridgehead atoms. The van der Waals surface area contributed by atoms with E-state index >= 15 is 0 Å². The molecule has 7 heteroatoms. The van der Waals surface area contributed by atoms with E-state index < -0.39 is 0 Å². The molecule has 3 rings (SSSR count). The summed E-state index contributed by atoms with van der Waals surface area (Å²) >= 11 is 0. The fourth-order valence-corrected chi connectivity index (χ4v) is 2.84. The number of aryl methyl sites for hydroxylation is 2. The Balaban J connectivity index is 1.53. The van der Waals surface area contributed by atoms with Gasteiger partial charge in [0.15, 0.2) is 5.82 Å². The van der Waals surface area contributed by atoms with Crippen molar-refractivity contribution in [1.82, 2.24) is 15.0 Å². The quantitative estimate of drug-likeness (QED) is 0.804. The molecule has 0 spiro atoms. The average molecular weight is 347 g/mol. The number of hydrogen-bond donors (Lipinski definition) is 0. The lowest BCUT2D eigenvalue weighted by molar-refractivity contribution is -0.139. The van der Waals surface area contributed by atoms with Crippen LogP contribution in [0.15, 0.2) is 28.8 Å². The normalized spacial score (nSPS) is 17.7. The number of halogens is 1. The van der Waals surface area contributed by atoms with Gasteiger partial charge < -0.3 is 14.2 Å². The van der Waals surface area contributed by atoms with Gasteiger partial charge in [-0.05, 0) is 24.1 Å². The topological polar surface area (TPSA) is 68.5 Å². The summed E-state index contributed by atoms with van der Waals surface area (Å²) in [6, 6.07) is 6.20. The molecule has 1 fully saturated rings. The lowest BCUT2D eigenvalue weighted by Crippen LogP contribution is -2.42. The zero-order chi connectivity index (χ0) is 17.6. The summed E-state index contributed by atoms with van der Waals surface area (Å²) in [6.07, 6.45) is 2.27. The Morgan fingerprint density at radius 1 is 1.32 bits per heavy atom. The Labute approximate surface area is 146 Å². The monoisotopic (exact) mass is 347 g/mol. The molecule has 2 aromatic rings. The smallest absolute Gasteiger partial charge is 0.227 e. The Bertz CT molecular complexity index is 702. The van der Waals surface area contributed by atoms with Gasteiger partial charge in [-0.3, -0.25) is 4.79 Å². The van der Waals surface area contributed by atoms with Crippen LogP contribution in [0.5, 0.6) is 0 Å². The van der Waals surface area contributed by atoms with Crippen LogP contribution in [-0.4, -0.2) is 40.6 Å². The number of rotatable bonds is 6. The Morgan fingerprint density at radius 2 is 2.12 bits per heavy atom. The molecule has 1 atom stereocenters. The first-order valence-corrected chi connectivity index (χ1v) is 8.62. The maximum Gasteiger partial charge on any atom is 0.227 e. The van der Waals surface area contributed by atoms with Gasteiger partial charge in [0.05, 0.1) is 13.2 Å². The number of ether oxygens (including phenoxy) is 1. The van der Waals surface area contributed by atoms with Crippen LogP contribution >= 0.6 is 0 Å². The lowest BCUT2D eigenvalue weighted by atomic mass is 10.1. The molecule has 1 saturated heterocycles. The third kappa shape index (κ3) is 4.63. The summed E-state index contributed by atoms with van der Waals surface area (Å²) in [5.41, 5.74) is 0.875. The van der Waals surface area contributed by atoms with Crippen molar-refractivity contribution in [2.45, 2.75) is 38.7 Å². The van der Waals surface area contributed by atoms with E-state index in [1.807, 2.05) is 0 Å². The largest absolute Gasteiger partial charge is 0.370 e. The number of carbonyl (C=O) groups is 1. The van der Waals surface area contributed by atoms with E-state index in [1.165, 1.54) is 12.1 Å². The van der Waals surface area contributed by atoms with Crippen molar-refractivity contribution in [3.8, 4) is 0 Å². The van der Waals surface area contributed by atoms with Crippen LogP contribution in [0.2, 0.25) is 0 Å². The first-order chi connectivity index (χ1) is 12.2. The van der Waals surface area contributed by atoms with E-state index in [2.05, 4.69) is 17.1 Å². The highest BCUT2D eigenvalue weighted by molar-refractivity contribution is 5.76. The number of amides is 1. The second-order valence-corrected chi connectivity index (χ2v) is 6.11. The number of carbonyl (C=O) groups excluding carboxylic acids is 1. The van der Waals surface area contributed by atoms with Gasteiger partial charge >= 0.3 is 0 Å². The van der Waals surface area contributed by atoms with E-state index in [0.717, 1.165) is 18.4 Å². The van der Waals surface area contributed by atoms with Crippen LogP contribution in [0.25, 0.3) is 0 Å². The molecule has 0 aliphatic carbocycles. The highest BCUT2D eigenvalue weighted by Gasteiger charge is 2.25. The van der Waals surface area contributed by atoms with Crippen LogP contribution in [-0.2, 0) is 22.4 Å². The Hall–Kier alpha value is -2.28. The molecule has 6 nitrogen and oxygen atoms in total. The summed E-state index contributed by atoms with van der Waals surface area (Å²) in [4.78, 5) is 18.5. The van der Waals surface area contributed by atoms with E-state index in [9.17, 15) is 9.18 Å². The summed E-state index contributed by atoms with van der Waals surface area (Å²) < 4.78 is 23.9. The predicted molar refractivity (Wildman–Crippen MR) is 88.3 cm³/mol. The molecule has 25 heavy (non-hydrogen) atoms. The summed E-state index contributed by atoms with van der Waals surface area (Å²) in [6.45, 7) is 3.54. The van der Waals surface area contributed by atoms with Crippen molar-refractivity contribution in [1.29, 1.82) is 0 Å². The van der Waals surface area contributed by atoms with Gasteiger partial charge in [0.25, 0.3) is 0 Å². The molecule has 1 amide bonds.